The molecule has 0 amide bonds. The maximum Gasteiger partial charge on any atom is 0.303 e. The summed E-state index contributed by atoms with van der Waals surface area (Å²) >= 11 is 0. The van der Waals surface area contributed by atoms with Crippen LogP contribution in [-0.4, -0.2) is 11.1 Å². The minimum atomic E-state index is -0.684. The van der Waals surface area contributed by atoms with E-state index in [-0.39, 0.29) is 0 Å². The number of carboxylic acid groups (broad SMARTS) is 1. The highest BCUT2D eigenvalue weighted by Gasteiger charge is 2.19. The predicted molar refractivity (Wildman–Crippen MR) is 73.2 cm³/mol. The van der Waals surface area contributed by atoms with Crippen molar-refractivity contribution >= 4 is 5.97 Å². The van der Waals surface area contributed by atoms with E-state index in [0.29, 0.717) is 17.8 Å². The molecule has 0 spiro atoms. The second-order valence-electron chi connectivity index (χ2n) is 6.22. The zero-order valence-electron chi connectivity index (χ0n) is 12.1. The van der Waals surface area contributed by atoms with Gasteiger partial charge in [0.15, 0.2) is 0 Å². The van der Waals surface area contributed by atoms with Gasteiger partial charge in [0, 0.05) is 6.42 Å². The summed E-state index contributed by atoms with van der Waals surface area (Å²) in [6.45, 7) is 8.80. The topological polar surface area (TPSA) is 37.3 Å². The lowest BCUT2D eigenvalue weighted by atomic mass is 9.78. The number of hydrogen-bond acceptors (Lipinski definition) is 1. The standard InChI is InChI=1S/C8H16.C7H14O2/c1-8(2)6-4-3-5-7-8;1-3-4-6(2)5-7(8)9/h3-7H2,1-2H3;6H,3-5H2,1-2H3,(H,8,9). The Morgan fingerprint density at radius 3 is 2.06 bits per heavy atom. The van der Waals surface area contributed by atoms with Gasteiger partial charge in [0.1, 0.15) is 0 Å². The lowest BCUT2D eigenvalue weighted by molar-refractivity contribution is -0.138. The van der Waals surface area contributed by atoms with Gasteiger partial charge in [-0.05, 0) is 24.2 Å². The first-order valence-corrected chi connectivity index (χ1v) is 7.09. The monoisotopic (exact) mass is 242 g/mol. The zero-order valence-corrected chi connectivity index (χ0v) is 12.1. The summed E-state index contributed by atoms with van der Waals surface area (Å²) in [4.78, 5) is 10.1. The van der Waals surface area contributed by atoms with Gasteiger partial charge in [-0.1, -0.05) is 59.8 Å². The molecule has 1 aliphatic carbocycles. The highest BCUT2D eigenvalue weighted by atomic mass is 16.4. The molecule has 0 aromatic carbocycles. The van der Waals surface area contributed by atoms with E-state index in [0.717, 1.165) is 12.8 Å². The van der Waals surface area contributed by atoms with Crippen LogP contribution in [-0.2, 0) is 4.79 Å². The molecule has 0 radical (unpaired) electrons. The van der Waals surface area contributed by atoms with Crippen molar-refractivity contribution in [3.8, 4) is 0 Å². The normalized spacial score (nSPS) is 20.0. The van der Waals surface area contributed by atoms with Crippen LogP contribution in [0, 0.1) is 11.3 Å². The van der Waals surface area contributed by atoms with Gasteiger partial charge in [0.05, 0.1) is 0 Å². The van der Waals surface area contributed by atoms with Crippen molar-refractivity contribution in [2.24, 2.45) is 11.3 Å². The first-order valence-electron chi connectivity index (χ1n) is 7.09. The average molecular weight is 242 g/mol. The van der Waals surface area contributed by atoms with Crippen molar-refractivity contribution in [3.63, 3.8) is 0 Å². The summed E-state index contributed by atoms with van der Waals surface area (Å²) in [6.07, 6.45) is 9.72. The highest BCUT2D eigenvalue weighted by molar-refractivity contribution is 5.66. The van der Waals surface area contributed by atoms with Gasteiger partial charge in [0.25, 0.3) is 0 Å². The molecule has 2 nitrogen and oxygen atoms in total. The van der Waals surface area contributed by atoms with Gasteiger partial charge in [-0.3, -0.25) is 4.79 Å². The summed E-state index contributed by atoms with van der Waals surface area (Å²) in [5.74, 6) is -0.344. The molecule has 2 heteroatoms. The number of carbonyl (C=O) groups is 1. The fourth-order valence-corrected chi connectivity index (χ4v) is 2.40. The van der Waals surface area contributed by atoms with E-state index in [9.17, 15) is 4.79 Å². The first kappa shape index (κ1) is 16.5. The lowest BCUT2D eigenvalue weighted by Gasteiger charge is -2.28. The van der Waals surface area contributed by atoms with E-state index in [1.807, 2.05) is 6.92 Å². The van der Waals surface area contributed by atoms with Crippen LogP contribution >= 0.6 is 0 Å². The van der Waals surface area contributed by atoms with Crippen molar-refractivity contribution in [2.45, 2.75) is 79.1 Å². The minimum absolute atomic E-state index is 0.313. The summed E-state index contributed by atoms with van der Waals surface area (Å²) in [7, 11) is 0. The van der Waals surface area contributed by atoms with E-state index in [4.69, 9.17) is 5.11 Å². The van der Waals surface area contributed by atoms with Crippen LogP contribution in [0.25, 0.3) is 0 Å². The van der Waals surface area contributed by atoms with Crippen LogP contribution < -0.4 is 0 Å². The Morgan fingerprint density at radius 1 is 1.24 bits per heavy atom. The maximum atomic E-state index is 10.1. The van der Waals surface area contributed by atoms with Gasteiger partial charge in [0.2, 0.25) is 0 Å². The Kier molecular flexibility index (Phi) is 8.28. The number of rotatable bonds is 4. The molecule has 0 aromatic heterocycles. The molecule has 1 atom stereocenters. The largest absolute Gasteiger partial charge is 0.481 e. The second-order valence-corrected chi connectivity index (χ2v) is 6.22. The molecular formula is C15H30O2. The smallest absolute Gasteiger partial charge is 0.303 e. The predicted octanol–water partition coefficient (Wildman–Crippen LogP) is 4.87. The van der Waals surface area contributed by atoms with E-state index < -0.39 is 5.97 Å². The summed E-state index contributed by atoms with van der Waals surface area (Å²) in [6, 6.07) is 0. The number of hydrogen-bond donors (Lipinski definition) is 1. The Labute approximate surface area is 107 Å². The molecule has 0 saturated heterocycles. The van der Waals surface area contributed by atoms with Crippen LogP contribution in [0.3, 0.4) is 0 Å². The number of carboxylic acids is 1. The lowest BCUT2D eigenvalue weighted by Crippen LogP contribution is -2.14. The highest BCUT2D eigenvalue weighted by Crippen LogP contribution is 2.34. The van der Waals surface area contributed by atoms with Gasteiger partial charge in [-0.15, -0.1) is 0 Å². The molecule has 1 rings (SSSR count). The van der Waals surface area contributed by atoms with Crippen LogP contribution in [0.4, 0.5) is 0 Å². The van der Waals surface area contributed by atoms with E-state index >= 15 is 0 Å². The Morgan fingerprint density at radius 2 is 1.76 bits per heavy atom. The molecule has 1 fully saturated rings. The van der Waals surface area contributed by atoms with Gasteiger partial charge in [-0.25, -0.2) is 0 Å². The molecule has 1 N–H and O–H groups in total. The Hall–Kier alpha value is -0.530. The average Bonchev–Trinajstić information content (AvgIpc) is 2.17. The third-order valence-corrected chi connectivity index (χ3v) is 3.51. The molecule has 1 aliphatic rings. The molecule has 1 unspecified atom stereocenters. The third-order valence-electron chi connectivity index (χ3n) is 3.51. The van der Waals surface area contributed by atoms with E-state index in [1.54, 1.807) is 0 Å². The molecule has 0 heterocycles. The molecule has 1 saturated carbocycles. The van der Waals surface area contributed by atoms with Crippen LogP contribution in [0.15, 0.2) is 0 Å². The second kappa shape index (κ2) is 8.54. The summed E-state index contributed by atoms with van der Waals surface area (Å²) < 4.78 is 0. The van der Waals surface area contributed by atoms with Crippen LogP contribution in [0.1, 0.15) is 79.1 Å². The Bertz CT molecular complexity index is 201. The SMILES string of the molecule is CC1(C)CCCCC1.CCCC(C)CC(=O)O. The molecule has 0 aliphatic heterocycles. The summed E-state index contributed by atoms with van der Waals surface area (Å²) in [5, 5.41) is 8.31. The molecule has 102 valence electrons. The first-order chi connectivity index (χ1) is 7.87. The third kappa shape index (κ3) is 10.3. The van der Waals surface area contributed by atoms with E-state index in [1.165, 1.54) is 32.1 Å². The van der Waals surface area contributed by atoms with Gasteiger partial charge in [-0.2, -0.15) is 0 Å². The van der Waals surface area contributed by atoms with Crippen LogP contribution in [0.2, 0.25) is 0 Å². The fraction of sp³-hybridized carbons (Fsp3) is 0.933. The summed E-state index contributed by atoms with van der Waals surface area (Å²) in [5.41, 5.74) is 0.679. The van der Waals surface area contributed by atoms with Crippen molar-refractivity contribution in [2.75, 3.05) is 0 Å². The zero-order chi connectivity index (χ0) is 13.3. The molecular weight excluding hydrogens is 212 g/mol. The molecule has 0 bridgehead atoms. The Balaban J connectivity index is 0.000000302. The minimum Gasteiger partial charge on any atom is -0.481 e. The van der Waals surface area contributed by atoms with Gasteiger partial charge < -0.3 is 5.11 Å². The fourth-order valence-electron chi connectivity index (χ4n) is 2.40. The van der Waals surface area contributed by atoms with Crippen molar-refractivity contribution in [1.82, 2.24) is 0 Å². The van der Waals surface area contributed by atoms with Crippen molar-refractivity contribution in [1.29, 1.82) is 0 Å². The van der Waals surface area contributed by atoms with Crippen molar-refractivity contribution in [3.05, 3.63) is 0 Å². The molecule has 17 heavy (non-hydrogen) atoms. The van der Waals surface area contributed by atoms with Gasteiger partial charge >= 0.3 is 5.97 Å². The van der Waals surface area contributed by atoms with Crippen molar-refractivity contribution < 1.29 is 9.90 Å². The van der Waals surface area contributed by atoms with E-state index in [2.05, 4.69) is 20.8 Å². The molecule has 0 aromatic rings. The quantitative estimate of drug-likeness (QED) is 0.763. The maximum absolute atomic E-state index is 10.1. The number of aliphatic carboxylic acids is 1. The van der Waals surface area contributed by atoms with Crippen LogP contribution in [0.5, 0.6) is 0 Å².